The first-order valence-corrected chi connectivity index (χ1v) is 9.73. The Morgan fingerprint density at radius 3 is 2.47 bits per heavy atom. The Bertz CT molecular complexity index is 1120. The van der Waals surface area contributed by atoms with Crippen LogP contribution in [-0.4, -0.2) is 24.2 Å². The van der Waals surface area contributed by atoms with Crippen LogP contribution in [0.4, 0.5) is 16.2 Å². The molecule has 3 aromatic rings. The van der Waals surface area contributed by atoms with Gasteiger partial charge < -0.3 is 18.8 Å². The van der Waals surface area contributed by atoms with E-state index in [1.807, 2.05) is 18.2 Å². The van der Waals surface area contributed by atoms with Crippen LogP contribution < -0.4 is 9.64 Å². The van der Waals surface area contributed by atoms with Crippen molar-refractivity contribution in [2.45, 2.75) is 20.5 Å². The Balaban J connectivity index is 1.74. The molecule has 2 aromatic carbocycles. The molecule has 1 aromatic heterocycles. The Morgan fingerprint density at radius 2 is 1.83 bits per heavy atom. The van der Waals surface area contributed by atoms with Crippen molar-refractivity contribution < 1.29 is 23.6 Å². The molecule has 0 aliphatic rings. The van der Waals surface area contributed by atoms with E-state index < -0.39 is 11.1 Å². The Labute approximate surface area is 177 Å². The number of benzene rings is 2. The molecule has 0 amide bonds. The standard InChI is InChI=1S/C21H20N2O6S/c1-3-22(4-2)16-7-10-18-14(11-20(30)29-19(18)12-16)13-27-21(24)28-17-8-5-15(6-9-17)23(25)26/h5-12H,3-4,13H2,1-2H3. The number of fused-ring (bicyclic) bond motifs is 1. The molecular formula is C21H20N2O6S. The van der Waals surface area contributed by atoms with Crippen LogP contribution in [0.25, 0.3) is 11.0 Å². The third-order valence-electron chi connectivity index (χ3n) is 4.54. The number of carbonyl (C=O) groups is 1. The predicted molar refractivity (Wildman–Crippen MR) is 115 cm³/mol. The molecule has 30 heavy (non-hydrogen) atoms. The Kier molecular flexibility index (Phi) is 6.63. The summed E-state index contributed by atoms with van der Waals surface area (Å²) in [4.78, 5) is 24.3. The summed E-state index contributed by atoms with van der Waals surface area (Å²) in [5.41, 5.74) is 2.21. The summed E-state index contributed by atoms with van der Waals surface area (Å²) in [5, 5.41) is 11.5. The Morgan fingerprint density at radius 1 is 1.13 bits per heavy atom. The molecule has 0 fully saturated rings. The molecule has 0 unspecified atom stereocenters. The van der Waals surface area contributed by atoms with E-state index in [0.29, 0.717) is 11.1 Å². The number of non-ortho nitro benzene ring substituents is 1. The highest BCUT2D eigenvalue weighted by Crippen LogP contribution is 2.26. The number of hydrogen-bond acceptors (Lipinski definition) is 8. The number of rotatable bonds is 7. The van der Waals surface area contributed by atoms with Gasteiger partial charge in [0.15, 0.2) is 4.71 Å². The second kappa shape index (κ2) is 9.36. The van der Waals surface area contributed by atoms with Gasteiger partial charge in [-0.05, 0) is 56.4 Å². The SMILES string of the molecule is CCN(CC)c1ccc2c(COC(=O)Oc3ccc([N+](=O)[O-])cc3)cc(=S)oc2c1. The highest BCUT2D eigenvalue weighted by atomic mass is 32.1. The van der Waals surface area contributed by atoms with E-state index in [0.717, 1.165) is 24.2 Å². The molecule has 0 spiro atoms. The molecule has 0 aliphatic carbocycles. The van der Waals surface area contributed by atoms with Gasteiger partial charge in [-0.3, -0.25) is 10.1 Å². The van der Waals surface area contributed by atoms with Crippen LogP contribution >= 0.6 is 12.2 Å². The van der Waals surface area contributed by atoms with Crippen LogP contribution in [-0.2, 0) is 11.3 Å². The quantitative estimate of drug-likeness (QED) is 0.157. The topological polar surface area (TPSA) is 95.0 Å². The maximum atomic E-state index is 12.0. The van der Waals surface area contributed by atoms with Crippen molar-refractivity contribution in [3.63, 3.8) is 0 Å². The number of anilines is 1. The van der Waals surface area contributed by atoms with Crippen LogP contribution in [0.5, 0.6) is 5.75 Å². The third kappa shape index (κ3) is 4.93. The number of hydrogen-bond donors (Lipinski definition) is 0. The van der Waals surface area contributed by atoms with Crippen molar-refractivity contribution in [3.05, 3.63) is 68.9 Å². The van der Waals surface area contributed by atoms with Crippen molar-refractivity contribution in [1.29, 1.82) is 0 Å². The molecule has 0 N–H and O–H groups in total. The van der Waals surface area contributed by atoms with E-state index in [4.69, 9.17) is 26.1 Å². The monoisotopic (exact) mass is 428 g/mol. The van der Waals surface area contributed by atoms with Gasteiger partial charge in [0.1, 0.15) is 17.9 Å². The smallest absolute Gasteiger partial charge is 0.445 e. The molecule has 9 heteroatoms. The van der Waals surface area contributed by atoms with Crippen molar-refractivity contribution in [1.82, 2.24) is 0 Å². The summed E-state index contributed by atoms with van der Waals surface area (Å²) < 4.78 is 16.2. The van der Waals surface area contributed by atoms with Gasteiger partial charge in [-0.15, -0.1) is 0 Å². The molecule has 0 saturated heterocycles. The predicted octanol–water partition coefficient (Wildman–Crippen LogP) is 5.63. The van der Waals surface area contributed by atoms with Crippen molar-refractivity contribution in [2.75, 3.05) is 18.0 Å². The molecule has 0 bridgehead atoms. The van der Waals surface area contributed by atoms with E-state index in [-0.39, 0.29) is 22.8 Å². The van der Waals surface area contributed by atoms with Crippen LogP contribution in [0.15, 0.2) is 52.9 Å². The molecule has 0 radical (unpaired) electrons. The van der Waals surface area contributed by atoms with Gasteiger partial charge in [0.05, 0.1) is 4.92 Å². The maximum Gasteiger partial charge on any atom is 0.514 e. The lowest BCUT2D eigenvalue weighted by Gasteiger charge is -2.21. The average molecular weight is 428 g/mol. The zero-order valence-corrected chi connectivity index (χ0v) is 17.3. The van der Waals surface area contributed by atoms with Gasteiger partial charge in [-0.1, -0.05) is 0 Å². The van der Waals surface area contributed by atoms with E-state index in [1.54, 1.807) is 6.07 Å². The molecule has 156 valence electrons. The normalized spacial score (nSPS) is 10.6. The first-order chi connectivity index (χ1) is 14.4. The lowest BCUT2D eigenvalue weighted by Crippen LogP contribution is -2.21. The van der Waals surface area contributed by atoms with Gasteiger partial charge >= 0.3 is 6.16 Å². The number of nitrogens with zero attached hydrogens (tertiary/aromatic N) is 2. The van der Waals surface area contributed by atoms with E-state index >= 15 is 0 Å². The fourth-order valence-corrected chi connectivity index (χ4v) is 3.25. The molecule has 0 saturated carbocycles. The van der Waals surface area contributed by atoms with Gasteiger partial charge in [-0.25, -0.2) is 4.79 Å². The summed E-state index contributed by atoms with van der Waals surface area (Å²) in [5.74, 6) is 0.145. The van der Waals surface area contributed by atoms with E-state index in [9.17, 15) is 14.9 Å². The summed E-state index contributed by atoms with van der Waals surface area (Å²) in [6.07, 6.45) is -0.927. The summed E-state index contributed by atoms with van der Waals surface area (Å²) >= 11 is 5.20. The summed E-state index contributed by atoms with van der Waals surface area (Å²) in [6.45, 7) is 5.81. The minimum atomic E-state index is -0.927. The molecular weight excluding hydrogens is 408 g/mol. The largest absolute Gasteiger partial charge is 0.514 e. The van der Waals surface area contributed by atoms with Crippen LogP contribution in [0.1, 0.15) is 19.4 Å². The second-order valence-electron chi connectivity index (χ2n) is 6.34. The number of carbonyl (C=O) groups excluding carboxylic acids is 1. The highest BCUT2D eigenvalue weighted by Gasteiger charge is 2.13. The van der Waals surface area contributed by atoms with E-state index in [2.05, 4.69) is 18.7 Å². The first kappa shape index (κ1) is 21.3. The maximum absolute atomic E-state index is 12.0. The highest BCUT2D eigenvalue weighted by molar-refractivity contribution is 7.71. The average Bonchev–Trinajstić information content (AvgIpc) is 2.73. The lowest BCUT2D eigenvalue weighted by molar-refractivity contribution is -0.384. The minimum Gasteiger partial charge on any atom is -0.445 e. The van der Waals surface area contributed by atoms with Crippen LogP contribution in [0.3, 0.4) is 0 Å². The van der Waals surface area contributed by atoms with Gasteiger partial charge in [0, 0.05) is 47.9 Å². The second-order valence-corrected chi connectivity index (χ2v) is 6.74. The van der Waals surface area contributed by atoms with Gasteiger partial charge in [0.25, 0.3) is 5.69 Å². The molecule has 0 atom stereocenters. The molecule has 3 rings (SSSR count). The minimum absolute atomic E-state index is 0.0626. The number of nitro groups is 1. The van der Waals surface area contributed by atoms with Crippen molar-refractivity contribution >= 4 is 40.7 Å². The lowest BCUT2D eigenvalue weighted by atomic mass is 10.1. The van der Waals surface area contributed by atoms with Gasteiger partial charge in [-0.2, -0.15) is 0 Å². The van der Waals surface area contributed by atoms with E-state index in [1.165, 1.54) is 24.3 Å². The van der Waals surface area contributed by atoms with Crippen molar-refractivity contribution in [3.8, 4) is 5.75 Å². The van der Waals surface area contributed by atoms with Crippen molar-refractivity contribution in [2.24, 2.45) is 0 Å². The molecule has 1 heterocycles. The summed E-state index contributed by atoms with van der Waals surface area (Å²) in [7, 11) is 0. The zero-order chi connectivity index (χ0) is 21.7. The van der Waals surface area contributed by atoms with Crippen LogP contribution in [0, 0.1) is 14.8 Å². The van der Waals surface area contributed by atoms with Crippen LogP contribution in [0.2, 0.25) is 0 Å². The number of ether oxygens (including phenoxy) is 2. The Hall–Kier alpha value is -3.46. The van der Waals surface area contributed by atoms with Gasteiger partial charge in [0.2, 0.25) is 0 Å². The number of nitro benzene ring substituents is 1. The molecule has 0 aliphatic heterocycles. The fraction of sp³-hybridized carbons (Fsp3) is 0.238. The summed E-state index contributed by atoms with van der Waals surface area (Å²) in [6, 6.07) is 12.6. The molecule has 8 nitrogen and oxygen atoms in total. The first-order valence-electron chi connectivity index (χ1n) is 9.32. The fourth-order valence-electron chi connectivity index (χ4n) is 3.02. The zero-order valence-electron chi connectivity index (χ0n) is 16.5. The third-order valence-corrected chi connectivity index (χ3v) is 4.74.